The minimum atomic E-state index is -3.41. The van der Waals surface area contributed by atoms with E-state index in [1.54, 1.807) is 18.7 Å². The molecule has 1 aliphatic rings. The van der Waals surface area contributed by atoms with Crippen LogP contribution in [0.3, 0.4) is 0 Å². The minimum Gasteiger partial charge on any atom is -0.494 e. The first-order valence-corrected chi connectivity index (χ1v) is 13.9. The number of carbonyl (C=O) groups excluding carboxylic acids is 1. The summed E-state index contributed by atoms with van der Waals surface area (Å²) >= 11 is 1.62. The van der Waals surface area contributed by atoms with Gasteiger partial charge in [0.1, 0.15) is 11.8 Å². The number of likely N-dealkylation sites (tertiary alicyclic amines) is 1. The molecule has 0 bridgehead atoms. The fourth-order valence-corrected chi connectivity index (χ4v) is 5.01. The van der Waals surface area contributed by atoms with Gasteiger partial charge in [0.2, 0.25) is 15.9 Å². The van der Waals surface area contributed by atoms with Crippen LogP contribution in [0.1, 0.15) is 45.1 Å². The van der Waals surface area contributed by atoms with E-state index in [0.29, 0.717) is 32.0 Å². The Morgan fingerprint density at radius 1 is 1.23 bits per heavy atom. The Bertz CT molecular complexity index is 745. The molecule has 6 nitrogen and oxygen atoms in total. The number of sulfonamides is 1. The van der Waals surface area contributed by atoms with Crippen LogP contribution in [0.2, 0.25) is 0 Å². The van der Waals surface area contributed by atoms with Crippen molar-refractivity contribution in [2.45, 2.75) is 52.0 Å². The van der Waals surface area contributed by atoms with Gasteiger partial charge in [-0.2, -0.15) is 11.8 Å². The average molecular weight is 457 g/mol. The van der Waals surface area contributed by atoms with Crippen LogP contribution < -0.4 is 9.46 Å². The number of ether oxygens (including phenoxy) is 1. The van der Waals surface area contributed by atoms with Gasteiger partial charge in [0.05, 0.1) is 12.4 Å². The molecule has 0 aromatic heterocycles. The molecule has 8 heteroatoms. The van der Waals surface area contributed by atoms with E-state index in [4.69, 9.17) is 4.74 Å². The van der Waals surface area contributed by atoms with Gasteiger partial charge in [0.15, 0.2) is 0 Å². The number of hydrogen-bond acceptors (Lipinski definition) is 5. The van der Waals surface area contributed by atoms with E-state index in [1.165, 1.54) is 5.56 Å². The number of amides is 1. The van der Waals surface area contributed by atoms with Gasteiger partial charge in [-0.25, -0.2) is 13.1 Å². The summed E-state index contributed by atoms with van der Waals surface area (Å²) in [4.78, 5) is 14.8. The highest BCUT2D eigenvalue weighted by Gasteiger charge is 2.30. The van der Waals surface area contributed by atoms with E-state index in [1.807, 2.05) is 30.2 Å². The largest absolute Gasteiger partial charge is 0.494 e. The zero-order valence-electron chi connectivity index (χ0n) is 18.4. The summed E-state index contributed by atoms with van der Waals surface area (Å²) in [6, 6.07) is 7.64. The summed E-state index contributed by atoms with van der Waals surface area (Å²) in [7, 11) is -3.41. The lowest BCUT2D eigenvalue weighted by Crippen LogP contribution is -2.51. The minimum absolute atomic E-state index is 0.0102. The molecule has 170 valence electrons. The summed E-state index contributed by atoms with van der Waals surface area (Å²) in [6.07, 6.45) is 6.56. The number of piperidine rings is 1. The second kappa shape index (κ2) is 12.6. The standard InChI is InChI=1S/C22H36N2O4S2/c1-4-28-20-10-8-18(9-11-20)6-7-19-12-15-24(16-13-19)22(25)21(14-17-29-3)23-30(26,27)5-2/h8-11,19,21,23H,4-7,12-17H2,1-3H3. The molecule has 1 aromatic carbocycles. The summed E-state index contributed by atoms with van der Waals surface area (Å²) in [5.74, 6) is 2.16. The third-order valence-corrected chi connectivity index (χ3v) is 7.66. The van der Waals surface area contributed by atoms with Crippen molar-refractivity contribution in [1.82, 2.24) is 9.62 Å². The molecule has 0 saturated carbocycles. The van der Waals surface area contributed by atoms with Gasteiger partial charge >= 0.3 is 0 Å². The quantitative estimate of drug-likeness (QED) is 0.522. The number of aryl methyl sites for hydroxylation is 1. The molecular formula is C22H36N2O4S2. The SMILES string of the molecule is CCOc1ccc(CCC2CCN(C(=O)C(CCSC)NS(=O)(=O)CC)CC2)cc1. The number of hydrogen-bond donors (Lipinski definition) is 1. The van der Waals surface area contributed by atoms with Gasteiger partial charge in [0.25, 0.3) is 0 Å². The smallest absolute Gasteiger partial charge is 0.240 e. The first-order chi connectivity index (χ1) is 14.4. The van der Waals surface area contributed by atoms with Crippen molar-refractivity contribution in [2.75, 3.05) is 37.5 Å². The molecule has 0 radical (unpaired) electrons. The monoisotopic (exact) mass is 456 g/mol. The van der Waals surface area contributed by atoms with Crippen LogP contribution in [0.25, 0.3) is 0 Å². The fraction of sp³-hybridized carbons (Fsp3) is 0.682. The summed E-state index contributed by atoms with van der Waals surface area (Å²) < 4.78 is 32.1. The van der Waals surface area contributed by atoms with Gasteiger partial charge in [-0.1, -0.05) is 12.1 Å². The van der Waals surface area contributed by atoms with E-state index in [9.17, 15) is 13.2 Å². The zero-order chi connectivity index (χ0) is 22.0. The molecule has 1 unspecified atom stereocenters. The molecule has 1 aliphatic heterocycles. The highest BCUT2D eigenvalue weighted by atomic mass is 32.2. The lowest BCUT2D eigenvalue weighted by molar-refractivity contribution is -0.134. The Labute approximate surface area is 186 Å². The molecule has 30 heavy (non-hydrogen) atoms. The normalized spacial score (nSPS) is 16.4. The predicted octanol–water partition coefficient (Wildman–Crippen LogP) is 3.32. The van der Waals surface area contributed by atoms with Gasteiger partial charge in [-0.15, -0.1) is 0 Å². The maximum atomic E-state index is 12.9. The molecule has 1 fully saturated rings. The Morgan fingerprint density at radius 2 is 1.90 bits per heavy atom. The molecule has 0 aliphatic carbocycles. The fourth-order valence-electron chi connectivity index (χ4n) is 3.72. The van der Waals surface area contributed by atoms with Gasteiger partial charge in [-0.05, 0) is 81.6 Å². The third-order valence-electron chi connectivity index (χ3n) is 5.61. The van der Waals surface area contributed by atoms with Crippen molar-refractivity contribution < 1.29 is 17.9 Å². The van der Waals surface area contributed by atoms with Gasteiger partial charge in [-0.3, -0.25) is 4.79 Å². The van der Waals surface area contributed by atoms with Crippen LogP contribution in [0.15, 0.2) is 24.3 Å². The summed E-state index contributed by atoms with van der Waals surface area (Å²) in [5.41, 5.74) is 1.31. The number of rotatable bonds is 12. The van der Waals surface area contributed by atoms with Crippen LogP contribution in [0.5, 0.6) is 5.75 Å². The predicted molar refractivity (Wildman–Crippen MR) is 125 cm³/mol. The topological polar surface area (TPSA) is 75.7 Å². The number of thioether (sulfide) groups is 1. The first kappa shape index (κ1) is 25.0. The molecule has 1 heterocycles. The van der Waals surface area contributed by atoms with Crippen LogP contribution >= 0.6 is 11.8 Å². The molecular weight excluding hydrogens is 420 g/mol. The van der Waals surface area contributed by atoms with E-state index >= 15 is 0 Å². The maximum Gasteiger partial charge on any atom is 0.240 e. The lowest BCUT2D eigenvalue weighted by Gasteiger charge is -2.34. The molecule has 1 atom stereocenters. The summed E-state index contributed by atoms with van der Waals surface area (Å²) in [5, 5.41) is 0. The van der Waals surface area contributed by atoms with Crippen molar-refractivity contribution in [2.24, 2.45) is 5.92 Å². The maximum absolute atomic E-state index is 12.9. The highest BCUT2D eigenvalue weighted by Crippen LogP contribution is 2.24. The Kier molecular flexibility index (Phi) is 10.5. The molecule has 2 rings (SSSR count). The number of nitrogens with zero attached hydrogens (tertiary/aromatic N) is 1. The average Bonchev–Trinajstić information content (AvgIpc) is 2.76. The molecule has 0 spiro atoms. The van der Waals surface area contributed by atoms with E-state index in [0.717, 1.165) is 37.2 Å². The van der Waals surface area contributed by atoms with Crippen molar-refractivity contribution >= 4 is 27.7 Å². The van der Waals surface area contributed by atoms with Crippen molar-refractivity contribution in [1.29, 1.82) is 0 Å². The van der Waals surface area contributed by atoms with Gasteiger partial charge < -0.3 is 9.64 Å². The van der Waals surface area contributed by atoms with Crippen LogP contribution in [-0.2, 0) is 21.2 Å². The first-order valence-electron chi connectivity index (χ1n) is 10.9. The Balaban J connectivity index is 1.83. The van der Waals surface area contributed by atoms with E-state index < -0.39 is 16.1 Å². The lowest BCUT2D eigenvalue weighted by atomic mass is 9.90. The van der Waals surface area contributed by atoms with Crippen molar-refractivity contribution in [3.8, 4) is 5.75 Å². The molecule has 1 aromatic rings. The number of benzene rings is 1. The second-order valence-corrected chi connectivity index (χ2v) is 10.8. The van der Waals surface area contributed by atoms with Gasteiger partial charge in [0, 0.05) is 13.1 Å². The Morgan fingerprint density at radius 3 is 2.47 bits per heavy atom. The van der Waals surface area contributed by atoms with Crippen LogP contribution in [-0.4, -0.2) is 62.7 Å². The Hall–Kier alpha value is -1.25. The number of nitrogens with one attached hydrogen (secondary N) is 1. The highest BCUT2D eigenvalue weighted by molar-refractivity contribution is 7.98. The third kappa shape index (κ3) is 8.12. The van der Waals surface area contributed by atoms with E-state index in [-0.39, 0.29) is 11.7 Å². The van der Waals surface area contributed by atoms with Crippen LogP contribution in [0.4, 0.5) is 0 Å². The molecule has 1 amide bonds. The number of carbonyl (C=O) groups is 1. The van der Waals surface area contributed by atoms with Crippen molar-refractivity contribution in [3.05, 3.63) is 29.8 Å². The van der Waals surface area contributed by atoms with Crippen LogP contribution in [0, 0.1) is 5.92 Å². The zero-order valence-corrected chi connectivity index (χ0v) is 20.1. The molecule has 1 N–H and O–H groups in total. The summed E-state index contributed by atoms with van der Waals surface area (Å²) in [6.45, 7) is 5.66. The van der Waals surface area contributed by atoms with Crippen molar-refractivity contribution in [3.63, 3.8) is 0 Å². The molecule has 1 saturated heterocycles. The second-order valence-electron chi connectivity index (χ2n) is 7.74. The van der Waals surface area contributed by atoms with E-state index in [2.05, 4.69) is 16.9 Å².